The van der Waals surface area contributed by atoms with Crippen molar-refractivity contribution in [2.24, 2.45) is 11.8 Å². The summed E-state index contributed by atoms with van der Waals surface area (Å²) in [5.41, 5.74) is 0.255. The maximum Gasteiger partial charge on any atom is 0.313 e. The van der Waals surface area contributed by atoms with E-state index in [0.29, 0.717) is 25.8 Å². The Bertz CT molecular complexity index is 1170. The topological polar surface area (TPSA) is 96.4 Å². The highest BCUT2D eigenvalue weighted by Gasteiger charge is 2.75. The number of ether oxygens (including phenoxy) is 2. The van der Waals surface area contributed by atoms with E-state index in [9.17, 15) is 19.5 Å². The van der Waals surface area contributed by atoms with Crippen LogP contribution in [0.5, 0.6) is 0 Å². The van der Waals surface area contributed by atoms with E-state index in [0.717, 1.165) is 23.2 Å². The molecular formula is C30H38N2O6. The fourth-order valence-corrected chi connectivity index (χ4v) is 7.05. The molecule has 2 saturated heterocycles. The maximum atomic E-state index is 14.6. The second kappa shape index (κ2) is 9.97. The van der Waals surface area contributed by atoms with E-state index in [-0.39, 0.29) is 25.0 Å². The van der Waals surface area contributed by atoms with Crippen molar-refractivity contribution in [3.8, 4) is 0 Å². The Kier molecular flexibility index (Phi) is 6.99. The van der Waals surface area contributed by atoms with Gasteiger partial charge in [0.05, 0.1) is 25.2 Å². The Hall–Kier alpha value is -2.97. The number of esters is 1. The lowest BCUT2D eigenvalue weighted by molar-refractivity contribution is -0.161. The van der Waals surface area contributed by atoms with Crippen LogP contribution in [0.3, 0.4) is 0 Å². The first-order valence-corrected chi connectivity index (χ1v) is 13.8. The number of carbonyl (C=O) groups excluding carboxylic acids is 3. The van der Waals surface area contributed by atoms with Crippen molar-refractivity contribution in [3.05, 3.63) is 53.6 Å². The predicted octanol–water partition coefficient (Wildman–Crippen LogP) is 3.23. The zero-order valence-corrected chi connectivity index (χ0v) is 22.7. The summed E-state index contributed by atoms with van der Waals surface area (Å²) < 4.78 is 12.6. The Labute approximate surface area is 224 Å². The number of hydrogen-bond acceptors (Lipinski definition) is 6. The van der Waals surface area contributed by atoms with E-state index in [1.807, 2.05) is 70.2 Å². The molecule has 1 N–H and O–H groups in total. The summed E-state index contributed by atoms with van der Waals surface area (Å²) in [5.74, 6) is -2.93. The van der Waals surface area contributed by atoms with Crippen LogP contribution in [-0.2, 0) is 23.9 Å². The third-order valence-corrected chi connectivity index (χ3v) is 8.86. The number of fused-ring (bicyclic) bond motifs is 2. The maximum absolute atomic E-state index is 14.6. The van der Waals surface area contributed by atoms with E-state index in [1.54, 1.807) is 4.90 Å². The molecule has 8 heteroatoms. The number of aryl methyl sites for hydroxylation is 2. The van der Waals surface area contributed by atoms with Gasteiger partial charge in [-0.3, -0.25) is 14.4 Å². The number of aliphatic hydroxyl groups excluding tert-OH is 1. The number of benzene rings is 1. The van der Waals surface area contributed by atoms with Gasteiger partial charge in [-0.1, -0.05) is 56.4 Å². The van der Waals surface area contributed by atoms with Crippen LogP contribution in [0, 0.1) is 25.7 Å². The quantitative estimate of drug-likeness (QED) is 0.471. The van der Waals surface area contributed by atoms with Crippen molar-refractivity contribution in [1.82, 2.24) is 4.90 Å². The molecule has 1 aromatic rings. The van der Waals surface area contributed by atoms with Crippen LogP contribution in [0.15, 0.2) is 42.5 Å². The number of anilines is 1. The van der Waals surface area contributed by atoms with Crippen molar-refractivity contribution < 1.29 is 29.0 Å². The van der Waals surface area contributed by atoms with Gasteiger partial charge in [0.25, 0.3) is 5.91 Å². The third-order valence-electron chi connectivity index (χ3n) is 8.86. The molecule has 6 atom stereocenters. The fraction of sp³-hybridized carbons (Fsp3) is 0.567. The number of para-hydroxylation sites is 1. The smallest absolute Gasteiger partial charge is 0.313 e. The lowest BCUT2D eigenvalue weighted by Crippen LogP contribution is -2.59. The fourth-order valence-electron chi connectivity index (χ4n) is 7.05. The van der Waals surface area contributed by atoms with E-state index < -0.39 is 41.1 Å². The number of likely N-dealkylation sites (tertiary alicyclic amines) is 1. The zero-order valence-electron chi connectivity index (χ0n) is 22.7. The number of nitrogens with zero attached hydrogens (tertiary/aromatic N) is 2. The van der Waals surface area contributed by atoms with Crippen molar-refractivity contribution >= 4 is 23.5 Å². The van der Waals surface area contributed by atoms with Crippen LogP contribution in [-0.4, -0.2) is 70.8 Å². The van der Waals surface area contributed by atoms with E-state index in [2.05, 4.69) is 0 Å². The molecule has 0 bridgehead atoms. The van der Waals surface area contributed by atoms with Gasteiger partial charge in [0.15, 0.2) is 0 Å². The molecule has 1 spiro atoms. The first-order valence-electron chi connectivity index (χ1n) is 13.8. The Morgan fingerprint density at radius 2 is 1.79 bits per heavy atom. The lowest BCUT2D eigenvalue weighted by Gasteiger charge is -2.41. The van der Waals surface area contributed by atoms with Gasteiger partial charge < -0.3 is 24.4 Å². The molecule has 0 saturated carbocycles. The second-order valence-corrected chi connectivity index (χ2v) is 10.9. The molecule has 0 aromatic heterocycles. The molecule has 1 unspecified atom stereocenters. The van der Waals surface area contributed by atoms with Gasteiger partial charge in [-0.25, -0.2) is 0 Å². The van der Waals surface area contributed by atoms with Gasteiger partial charge in [-0.2, -0.15) is 0 Å². The number of carbonyl (C=O) groups is 3. The molecule has 0 radical (unpaired) electrons. The van der Waals surface area contributed by atoms with E-state index >= 15 is 0 Å². The minimum atomic E-state index is -1.37. The average molecular weight is 523 g/mol. The molecule has 2 fully saturated rings. The summed E-state index contributed by atoms with van der Waals surface area (Å²) >= 11 is 0. The Morgan fingerprint density at radius 1 is 1.05 bits per heavy atom. The molecule has 4 aliphatic rings. The van der Waals surface area contributed by atoms with Crippen LogP contribution in [0.2, 0.25) is 0 Å². The van der Waals surface area contributed by atoms with Crippen molar-refractivity contribution in [1.29, 1.82) is 0 Å². The Balaban J connectivity index is 1.72. The Morgan fingerprint density at radius 3 is 2.45 bits per heavy atom. The molecule has 5 rings (SSSR count). The molecule has 4 heterocycles. The number of amides is 2. The van der Waals surface area contributed by atoms with Crippen molar-refractivity contribution in [2.45, 2.75) is 76.7 Å². The number of allylic oxidation sites excluding steroid dienone is 1. The lowest BCUT2D eigenvalue weighted by atomic mass is 9.73. The van der Waals surface area contributed by atoms with E-state index in [4.69, 9.17) is 9.47 Å². The minimum Gasteiger partial charge on any atom is -0.465 e. The van der Waals surface area contributed by atoms with Gasteiger partial charge in [0.1, 0.15) is 23.2 Å². The highest BCUT2D eigenvalue weighted by Crippen LogP contribution is 2.58. The SMILES string of the molecule is CC[C@@H](CO)N1C(=O)[C@@H]2[C@H]3C(=O)OCCC/C=C\[C@@]3(CC)O[C@@]23C=CCN(c2c(C)cccc2C)C(=O)C13. The third kappa shape index (κ3) is 3.75. The average Bonchev–Trinajstić information content (AvgIpc) is 3.28. The largest absolute Gasteiger partial charge is 0.465 e. The van der Waals surface area contributed by atoms with Crippen molar-refractivity contribution in [3.63, 3.8) is 0 Å². The number of cyclic esters (lactones) is 1. The summed E-state index contributed by atoms with van der Waals surface area (Å²) in [4.78, 5) is 45.8. The van der Waals surface area contributed by atoms with Crippen molar-refractivity contribution in [2.75, 3.05) is 24.7 Å². The number of hydrogen-bond donors (Lipinski definition) is 1. The van der Waals surface area contributed by atoms with Crippen LogP contribution < -0.4 is 4.90 Å². The summed E-state index contributed by atoms with van der Waals surface area (Å²) in [6.07, 6.45) is 9.97. The summed E-state index contributed by atoms with van der Waals surface area (Å²) in [6, 6.07) is 4.26. The van der Waals surface area contributed by atoms with Crippen LogP contribution >= 0.6 is 0 Å². The van der Waals surface area contributed by atoms with Gasteiger partial charge in [0, 0.05) is 12.2 Å². The van der Waals surface area contributed by atoms with Crippen LogP contribution in [0.25, 0.3) is 0 Å². The van der Waals surface area contributed by atoms with Crippen LogP contribution in [0.4, 0.5) is 5.69 Å². The summed E-state index contributed by atoms with van der Waals surface area (Å²) in [5, 5.41) is 10.3. The second-order valence-electron chi connectivity index (χ2n) is 10.9. The van der Waals surface area contributed by atoms with E-state index in [1.165, 1.54) is 4.90 Å². The molecular weight excluding hydrogens is 484 g/mol. The molecule has 1 aromatic carbocycles. The molecule has 2 amide bonds. The highest BCUT2D eigenvalue weighted by atomic mass is 16.6. The summed E-state index contributed by atoms with van der Waals surface area (Å²) in [6.45, 7) is 8.02. The zero-order chi connectivity index (χ0) is 27.2. The minimum absolute atomic E-state index is 0.268. The first kappa shape index (κ1) is 26.6. The normalized spacial score (nSPS) is 34.4. The molecule has 8 nitrogen and oxygen atoms in total. The standard InChI is InChI=1S/C30H38N2O6/c1-5-21(18-33)32-25-27(35)31(24-19(3)12-10-13-20(24)4)16-11-15-30(25)22(26(32)34)23-28(36)37-17-9-7-8-14-29(23,6-2)38-30/h8,10-15,21-23,25,33H,5-7,9,16-18H2,1-4H3/b14-8-/t21-,22-,23-,25?,29+,30-/m0/s1. The first-order chi connectivity index (χ1) is 18.3. The monoisotopic (exact) mass is 522 g/mol. The van der Waals surface area contributed by atoms with Gasteiger partial charge in [-0.05, 0) is 50.7 Å². The van der Waals surface area contributed by atoms with Gasteiger partial charge in [0.2, 0.25) is 5.91 Å². The molecule has 0 aliphatic carbocycles. The number of aliphatic hydroxyl groups is 1. The summed E-state index contributed by atoms with van der Waals surface area (Å²) in [7, 11) is 0. The predicted molar refractivity (Wildman–Crippen MR) is 142 cm³/mol. The van der Waals surface area contributed by atoms with Crippen LogP contribution in [0.1, 0.15) is 50.7 Å². The number of rotatable bonds is 5. The van der Waals surface area contributed by atoms with Gasteiger partial charge >= 0.3 is 5.97 Å². The molecule has 204 valence electrons. The molecule has 38 heavy (non-hydrogen) atoms. The molecule has 4 aliphatic heterocycles. The van der Waals surface area contributed by atoms with Gasteiger partial charge in [-0.15, -0.1) is 0 Å². The highest BCUT2D eigenvalue weighted by molar-refractivity contribution is 6.06.